The number of fused-ring (bicyclic) bond motifs is 1. The van der Waals surface area contributed by atoms with Gasteiger partial charge in [0.25, 0.3) is 0 Å². The molecule has 1 amide bonds. The third-order valence-electron chi connectivity index (χ3n) is 2.53. The summed E-state index contributed by atoms with van der Waals surface area (Å²) in [6, 6.07) is 7.93. The minimum absolute atomic E-state index is 0.399. The predicted octanol–water partition coefficient (Wildman–Crippen LogP) is 3.31. The van der Waals surface area contributed by atoms with Crippen LogP contribution in [0.25, 0.3) is 10.9 Å². The average Bonchev–Trinajstić information content (AvgIpc) is 2.59. The van der Waals surface area contributed by atoms with Crippen molar-refractivity contribution >= 4 is 22.7 Å². The van der Waals surface area contributed by atoms with Gasteiger partial charge in [-0.15, -0.1) is 0 Å². The third-order valence-corrected chi connectivity index (χ3v) is 2.53. The van der Waals surface area contributed by atoms with Crippen LogP contribution in [0.2, 0.25) is 0 Å². The molecule has 4 nitrogen and oxygen atoms in total. The molecule has 4 heteroatoms. The number of carboxylic acid groups (broad SMARTS) is 1. The molecule has 0 aliphatic heterocycles. The molecule has 0 atom stereocenters. The molecule has 2 N–H and O–H groups in total. The van der Waals surface area contributed by atoms with Gasteiger partial charge in [0.1, 0.15) is 0 Å². The monoisotopic (exact) mass is 218 g/mol. The lowest BCUT2D eigenvalue weighted by molar-refractivity contribution is 0.210. The Bertz CT molecular complexity index is 529. The summed E-state index contributed by atoms with van der Waals surface area (Å²) in [5.74, 6) is 0. The molecule has 16 heavy (non-hydrogen) atoms. The topological polar surface area (TPSA) is 54.3 Å². The van der Waals surface area contributed by atoms with E-state index < -0.39 is 6.09 Å². The van der Waals surface area contributed by atoms with Crippen LogP contribution >= 0.6 is 0 Å². The van der Waals surface area contributed by atoms with Gasteiger partial charge in [0.2, 0.25) is 0 Å². The van der Waals surface area contributed by atoms with Gasteiger partial charge in [0.15, 0.2) is 0 Å². The first-order chi connectivity index (χ1) is 7.58. The highest BCUT2D eigenvalue weighted by Gasteiger charge is 2.05. The molecule has 0 bridgehead atoms. The highest BCUT2D eigenvalue weighted by Crippen LogP contribution is 2.23. The summed E-state index contributed by atoms with van der Waals surface area (Å²) in [6.45, 7) is 4.23. The van der Waals surface area contributed by atoms with E-state index >= 15 is 0 Å². The second kappa shape index (κ2) is 3.89. The summed E-state index contributed by atoms with van der Waals surface area (Å²) in [7, 11) is 0. The van der Waals surface area contributed by atoms with Gasteiger partial charge in [0, 0.05) is 28.8 Å². The van der Waals surface area contributed by atoms with Crippen molar-refractivity contribution in [2.75, 3.05) is 5.32 Å². The molecule has 84 valence electrons. The summed E-state index contributed by atoms with van der Waals surface area (Å²) in [6.07, 6.45) is 0.975. The maximum atomic E-state index is 10.5. The number of amides is 1. The Morgan fingerprint density at radius 3 is 2.75 bits per heavy atom. The number of carbonyl (C=O) groups is 1. The van der Waals surface area contributed by atoms with Crippen LogP contribution in [0.5, 0.6) is 0 Å². The number of nitrogens with zero attached hydrogens (tertiary/aromatic N) is 1. The summed E-state index contributed by atoms with van der Waals surface area (Å²) in [5.41, 5.74) is 1.72. The molecule has 2 aromatic rings. The summed E-state index contributed by atoms with van der Waals surface area (Å²) < 4.78 is 2.15. The van der Waals surface area contributed by atoms with Crippen LogP contribution in [0.15, 0.2) is 30.5 Å². The number of aromatic nitrogens is 1. The van der Waals surface area contributed by atoms with Gasteiger partial charge >= 0.3 is 6.09 Å². The molecule has 0 saturated carbocycles. The zero-order chi connectivity index (χ0) is 11.7. The van der Waals surface area contributed by atoms with Crippen molar-refractivity contribution in [3.05, 3.63) is 30.5 Å². The van der Waals surface area contributed by atoms with E-state index in [1.807, 2.05) is 24.4 Å². The Balaban J connectivity index is 2.45. The number of benzene rings is 1. The molecular weight excluding hydrogens is 204 g/mol. The minimum atomic E-state index is -1.04. The first-order valence-electron chi connectivity index (χ1n) is 5.18. The molecule has 0 aliphatic rings. The Hall–Kier alpha value is -1.97. The predicted molar refractivity (Wildman–Crippen MR) is 64.0 cm³/mol. The van der Waals surface area contributed by atoms with Crippen molar-refractivity contribution in [1.82, 2.24) is 4.57 Å². The van der Waals surface area contributed by atoms with E-state index in [0.29, 0.717) is 11.7 Å². The molecule has 1 aromatic carbocycles. The Kier molecular flexibility index (Phi) is 2.56. The van der Waals surface area contributed by atoms with E-state index in [9.17, 15) is 4.79 Å². The molecule has 1 aromatic heterocycles. The molecule has 0 fully saturated rings. The third kappa shape index (κ3) is 1.86. The van der Waals surface area contributed by atoms with Gasteiger partial charge < -0.3 is 9.67 Å². The van der Waals surface area contributed by atoms with E-state index in [0.717, 1.165) is 10.9 Å². The maximum Gasteiger partial charge on any atom is 0.409 e. The standard InChI is InChI=1S/C12H14N2O2/c1-8(2)14-6-5-9-7-10(13-12(15)16)3-4-11(9)14/h3-8,13H,1-2H3,(H,15,16). The zero-order valence-electron chi connectivity index (χ0n) is 9.27. The van der Waals surface area contributed by atoms with Crippen molar-refractivity contribution in [1.29, 1.82) is 0 Å². The fourth-order valence-electron chi connectivity index (χ4n) is 1.82. The normalized spacial score (nSPS) is 10.9. The number of nitrogens with one attached hydrogen (secondary N) is 1. The maximum absolute atomic E-state index is 10.5. The number of rotatable bonds is 2. The van der Waals surface area contributed by atoms with Crippen LogP contribution in [0.1, 0.15) is 19.9 Å². The van der Waals surface area contributed by atoms with Crippen molar-refractivity contribution in [3.63, 3.8) is 0 Å². The highest BCUT2D eigenvalue weighted by molar-refractivity contribution is 5.89. The molecule has 0 radical (unpaired) electrons. The molecular formula is C12H14N2O2. The molecule has 0 spiro atoms. The first-order valence-corrected chi connectivity index (χ1v) is 5.18. The van der Waals surface area contributed by atoms with Crippen molar-refractivity contribution < 1.29 is 9.90 Å². The van der Waals surface area contributed by atoms with E-state index in [-0.39, 0.29) is 0 Å². The summed E-state index contributed by atoms with van der Waals surface area (Å²) in [5, 5.41) is 12.0. The summed E-state index contributed by atoms with van der Waals surface area (Å²) in [4.78, 5) is 10.5. The van der Waals surface area contributed by atoms with Crippen LogP contribution in [0.4, 0.5) is 10.5 Å². The lowest BCUT2D eigenvalue weighted by Gasteiger charge is -2.09. The Labute approximate surface area is 93.5 Å². The molecule has 2 rings (SSSR count). The van der Waals surface area contributed by atoms with Gasteiger partial charge in [-0.3, -0.25) is 5.32 Å². The highest BCUT2D eigenvalue weighted by atomic mass is 16.4. The second-order valence-corrected chi connectivity index (χ2v) is 4.02. The van der Waals surface area contributed by atoms with Crippen LogP contribution in [-0.4, -0.2) is 15.8 Å². The van der Waals surface area contributed by atoms with E-state index in [4.69, 9.17) is 5.11 Å². The van der Waals surface area contributed by atoms with E-state index in [2.05, 4.69) is 23.7 Å². The van der Waals surface area contributed by atoms with Gasteiger partial charge in [-0.05, 0) is 38.1 Å². The van der Waals surface area contributed by atoms with Crippen LogP contribution in [-0.2, 0) is 0 Å². The van der Waals surface area contributed by atoms with Gasteiger partial charge in [-0.25, -0.2) is 4.79 Å². The molecule has 0 aliphatic carbocycles. The molecule has 1 heterocycles. The van der Waals surface area contributed by atoms with Gasteiger partial charge in [-0.1, -0.05) is 0 Å². The van der Waals surface area contributed by atoms with E-state index in [1.165, 1.54) is 0 Å². The summed E-state index contributed by atoms with van der Waals surface area (Å²) >= 11 is 0. The molecule has 0 saturated heterocycles. The van der Waals surface area contributed by atoms with Crippen LogP contribution in [0, 0.1) is 0 Å². The average molecular weight is 218 g/mol. The number of hydrogen-bond acceptors (Lipinski definition) is 1. The SMILES string of the molecule is CC(C)n1ccc2cc(NC(=O)O)ccc21. The van der Waals surface area contributed by atoms with Gasteiger partial charge in [-0.2, -0.15) is 0 Å². The number of hydrogen-bond donors (Lipinski definition) is 2. The smallest absolute Gasteiger partial charge is 0.409 e. The number of anilines is 1. The fourth-order valence-corrected chi connectivity index (χ4v) is 1.82. The zero-order valence-corrected chi connectivity index (χ0v) is 9.27. The lowest BCUT2D eigenvalue weighted by atomic mass is 10.2. The fraction of sp³-hybridized carbons (Fsp3) is 0.250. The minimum Gasteiger partial charge on any atom is -0.465 e. The first kappa shape index (κ1) is 10.5. The van der Waals surface area contributed by atoms with Crippen molar-refractivity contribution in [2.24, 2.45) is 0 Å². The second-order valence-electron chi connectivity index (χ2n) is 4.02. The van der Waals surface area contributed by atoms with Crippen molar-refractivity contribution in [3.8, 4) is 0 Å². The van der Waals surface area contributed by atoms with E-state index in [1.54, 1.807) is 6.07 Å². The Morgan fingerprint density at radius 1 is 1.38 bits per heavy atom. The van der Waals surface area contributed by atoms with Crippen LogP contribution in [0.3, 0.4) is 0 Å². The largest absolute Gasteiger partial charge is 0.465 e. The molecule has 0 unspecified atom stereocenters. The quantitative estimate of drug-likeness (QED) is 0.812. The van der Waals surface area contributed by atoms with Gasteiger partial charge in [0.05, 0.1) is 0 Å². The Morgan fingerprint density at radius 2 is 2.12 bits per heavy atom. The van der Waals surface area contributed by atoms with Crippen LogP contribution < -0.4 is 5.32 Å². The van der Waals surface area contributed by atoms with Crippen molar-refractivity contribution in [2.45, 2.75) is 19.9 Å². The lowest BCUT2D eigenvalue weighted by Crippen LogP contribution is -2.06.